The van der Waals surface area contributed by atoms with E-state index in [-0.39, 0.29) is 5.91 Å². The van der Waals surface area contributed by atoms with E-state index >= 15 is 0 Å². The molecule has 1 amide bonds. The number of benzene rings is 1. The SMILES string of the molecule is C[C@@]12CCC(=O)N1[C@H](C(=O)O)Cc1c2[nH]c2ccccc12. The second-order valence-electron chi connectivity index (χ2n) is 6.12. The molecule has 0 spiro atoms. The zero-order valence-corrected chi connectivity index (χ0v) is 11.7. The summed E-state index contributed by atoms with van der Waals surface area (Å²) < 4.78 is 0. The third kappa shape index (κ3) is 1.46. The first-order valence-corrected chi connectivity index (χ1v) is 7.17. The first kappa shape index (κ1) is 12.4. The molecule has 1 fully saturated rings. The summed E-state index contributed by atoms with van der Waals surface area (Å²) in [4.78, 5) is 28.8. The minimum absolute atomic E-state index is 0.0609. The molecule has 0 aliphatic carbocycles. The molecule has 0 radical (unpaired) electrons. The lowest BCUT2D eigenvalue weighted by Crippen LogP contribution is -2.55. The van der Waals surface area contributed by atoms with Crippen LogP contribution in [0, 0.1) is 0 Å². The third-order valence-electron chi connectivity index (χ3n) is 4.97. The van der Waals surface area contributed by atoms with E-state index in [1.165, 1.54) is 0 Å². The van der Waals surface area contributed by atoms with E-state index < -0.39 is 17.6 Å². The molecular weight excluding hydrogens is 268 g/mol. The average Bonchev–Trinajstić information content (AvgIpc) is 2.98. The highest BCUT2D eigenvalue weighted by atomic mass is 16.4. The number of nitrogens with zero attached hydrogens (tertiary/aromatic N) is 1. The monoisotopic (exact) mass is 284 g/mol. The van der Waals surface area contributed by atoms with Crippen LogP contribution in [0.25, 0.3) is 10.9 Å². The molecule has 1 aromatic heterocycles. The van der Waals surface area contributed by atoms with E-state index in [4.69, 9.17) is 0 Å². The van der Waals surface area contributed by atoms with Crippen molar-refractivity contribution in [3.63, 3.8) is 0 Å². The summed E-state index contributed by atoms with van der Waals surface area (Å²) in [5, 5.41) is 10.6. The normalized spacial score (nSPS) is 27.8. The van der Waals surface area contributed by atoms with Crippen LogP contribution in [-0.2, 0) is 21.5 Å². The maximum Gasteiger partial charge on any atom is 0.326 e. The third-order valence-corrected chi connectivity index (χ3v) is 4.97. The summed E-state index contributed by atoms with van der Waals surface area (Å²) in [6.07, 6.45) is 1.44. The number of para-hydroxylation sites is 1. The highest BCUT2D eigenvalue weighted by Gasteiger charge is 2.53. The number of carbonyl (C=O) groups excluding carboxylic acids is 1. The van der Waals surface area contributed by atoms with Crippen LogP contribution >= 0.6 is 0 Å². The molecule has 5 nitrogen and oxygen atoms in total. The van der Waals surface area contributed by atoms with Crippen LogP contribution in [0.3, 0.4) is 0 Å². The lowest BCUT2D eigenvalue weighted by atomic mass is 9.83. The second-order valence-corrected chi connectivity index (χ2v) is 6.12. The Kier molecular flexibility index (Phi) is 2.29. The minimum Gasteiger partial charge on any atom is -0.480 e. The number of aromatic amines is 1. The molecule has 0 unspecified atom stereocenters. The van der Waals surface area contributed by atoms with Crippen LogP contribution < -0.4 is 0 Å². The van der Waals surface area contributed by atoms with Gasteiger partial charge in [0.1, 0.15) is 6.04 Å². The number of amides is 1. The molecule has 0 saturated carbocycles. The van der Waals surface area contributed by atoms with Gasteiger partial charge >= 0.3 is 5.97 Å². The molecule has 2 atom stereocenters. The number of aliphatic carboxylic acids is 1. The molecule has 2 aliphatic rings. The number of nitrogens with one attached hydrogen (secondary N) is 1. The van der Waals surface area contributed by atoms with Crippen molar-refractivity contribution < 1.29 is 14.7 Å². The Morgan fingerprint density at radius 3 is 2.95 bits per heavy atom. The van der Waals surface area contributed by atoms with Crippen molar-refractivity contribution in [2.24, 2.45) is 0 Å². The topological polar surface area (TPSA) is 73.4 Å². The van der Waals surface area contributed by atoms with Gasteiger partial charge in [0.25, 0.3) is 0 Å². The molecule has 5 heteroatoms. The number of rotatable bonds is 1. The summed E-state index contributed by atoms with van der Waals surface area (Å²) in [6.45, 7) is 1.97. The Labute approximate surface area is 121 Å². The fraction of sp³-hybridized carbons (Fsp3) is 0.375. The Bertz CT molecular complexity index is 779. The summed E-state index contributed by atoms with van der Waals surface area (Å²) in [6, 6.07) is 7.16. The predicted octanol–water partition coefficient (Wildman–Crippen LogP) is 2.01. The van der Waals surface area contributed by atoms with Gasteiger partial charge in [-0.3, -0.25) is 4.79 Å². The maximum atomic E-state index is 12.2. The van der Waals surface area contributed by atoms with E-state index in [0.717, 1.165) is 22.2 Å². The molecule has 2 aliphatic heterocycles. The van der Waals surface area contributed by atoms with Gasteiger partial charge in [0.2, 0.25) is 5.91 Å². The lowest BCUT2D eigenvalue weighted by molar-refractivity contribution is -0.153. The average molecular weight is 284 g/mol. The van der Waals surface area contributed by atoms with Crippen LogP contribution in [0.5, 0.6) is 0 Å². The number of hydrogen-bond donors (Lipinski definition) is 2. The van der Waals surface area contributed by atoms with Gasteiger partial charge in [0.15, 0.2) is 0 Å². The predicted molar refractivity (Wildman–Crippen MR) is 76.9 cm³/mol. The van der Waals surface area contributed by atoms with Crippen LogP contribution in [-0.4, -0.2) is 32.9 Å². The van der Waals surface area contributed by atoms with Crippen molar-refractivity contribution in [2.75, 3.05) is 0 Å². The van der Waals surface area contributed by atoms with Gasteiger partial charge in [0.05, 0.1) is 5.54 Å². The molecule has 2 N–H and O–H groups in total. The second kappa shape index (κ2) is 3.87. The molecule has 3 heterocycles. The molecule has 1 saturated heterocycles. The van der Waals surface area contributed by atoms with Gasteiger partial charge < -0.3 is 15.0 Å². The number of H-pyrrole nitrogens is 1. The fourth-order valence-electron chi connectivity index (χ4n) is 3.98. The first-order chi connectivity index (χ1) is 10.0. The van der Waals surface area contributed by atoms with E-state index in [2.05, 4.69) is 4.98 Å². The van der Waals surface area contributed by atoms with Crippen molar-refractivity contribution >= 4 is 22.8 Å². The smallest absolute Gasteiger partial charge is 0.326 e. The van der Waals surface area contributed by atoms with Crippen molar-refractivity contribution in [1.29, 1.82) is 0 Å². The highest BCUT2D eigenvalue weighted by Crippen LogP contribution is 2.47. The van der Waals surface area contributed by atoms with Gasteiger partial charge in [-0.2, -0.15) is 0 Å². The van der Waals surface area contributed by atoms with Gasteiger partial charge in [-0.1, -0.05) is 18.2 Å². The van der Waals surface area contributed by atoms with Gasteiger partial charge in [-0.05, 0) is 25.0 Å². The van der Waals surface area contributed by atoms with Crippen molar-refractivity contribution in [3.8, 4) is 0 Å². The number of hydrogen-bond acceptors (Lipinski definition) is 2. The van der Waals surface area contributed by atoms with E-state index in [0.29, 0.717) is 19.3 Å². The molecular formula is C16H16N2O3. The highest BCUT2D eigenvalue weighted by molar-refractivity contribution is 5.91. The molecule has 1 aromatic carbocycles. The van der Waals surface area contributed by atoms with Gasteiger partial charge in [-0.15, -0.1) is 0 Å². The van der Waals surface area contributed by atoms with Gasteiger partial charge in [0, 0.05) is 29.4 Å². The Balaban J connectivity index is 2.01. The summed E-state index contributed by atoms with van der Waals surface area (Å²) in [5.41, 5.74) is 2.53. The summed E-state index contributed by atoms with van der Waals surface area (Å²) in [5.74, 6) is -0.985. The zero-order chi connectivity index (χ0) is 14.8. The summed E-state index contributed by atoms with van der Waals surface area (Å²) >= 11 is 0. The Morgan fingerprint density at radius 1 is 1.43 bits per heavy atom. The van der Waals surface area contributed by atoms with Crippen LogP contribution in [0.1, 0.15) is 31.0 Å². The van der Waals surface area contributed by atoms with E-state index in [9.17, 15) is 14.7 Å². The van der Waals surface area contributed by atoms with Crippen LogP contribution in [0.2, 0.25) is 0 Å². The van der Waals surface area contributed by atoms with Gasteiger partial charge in [-0.25, -0.2) is 4.79 Å². The van der Waals surface area contributed by atoms with Crippen molar-refractivity contribution in [1.82, 2.24) is 9.88 Å². The number of carboxylic acids is 1. The zero-order valence-electron chi connectivity index (χ0n) is 11.7. The van der Waals surface area contributed by atoms with Crippen LogP contribution in [0.15, 0.2) is 24.3 Å². The molecule has 108 valence electrons. The molecule has 2 aromatic rings. The first-order valence-electron chi connectivity index (χ1n) is 7.17. The molecule has 21 heavy (non-hydrogen) atoms. The van der Waals surface area contributed by atoms with Crippen molar-refractivity contribution in [3.05, 3.63) is 35.5 Å². The number of fused-ring (bicyclic) bond motifs is 5. The fourth-order valence-corrected chi connectivity index (χ4v) is 3.98. The Hall–Kier alpha value is -2.30. The number of aromatic nitrogens is 1. The van der Waals surface area contributed by atoms with E-state index in [1.54, 1.807) is 4.90 Å². The lowest BCUT2D eigenvalue weighted by Gasteiger charge is -2.43. The standard InChI is InChI=1S/C16H16N2O3/c1-16-7-6-13(19)18(16)12(15(20)21)8-10-9-4-2-3-5-11(9)17-14(10)16/h2-5,12,17H,6-8H2,1H3,(H,20,21)/t12-,16-/m0/s1. The number of carbonyl (C=O) groups is 2. The summed E-state index contributed by atoms with van der Waals surface area (Å²) in [7, 11) is 0. The van der Waals surface area contributed by atoms with Crippen LogP contribution in [0.4, 0.5) is 0 Å². The Morgan fingerprint density at radius 2 is 2.19 bits per heavy atom. The maximum absolute atomic E-state index is 12.2. The largest absolute Gasteiger partial charge is 0.480 e. The number of carboxylic acid groups (broad SMARTS) is 1. The van der Waals surface area contributed by atoms with Crippen molar-refractivity contribution in [2.45, 2.75) is 37.8 Å². The minimum atomic E-state index is -0.924. The quantitative estimate of drug-likeness (QED) is 0.841. The van der Waals surface area contributed by atoms with E-state index in [1.807, 2.05) is 31.2 Å². The molecule has 4 rings (SSSR count). The molecule has 0 bridgehead atoms.